The van der Waals surface area contributed by atoms with Crippen LogP contribution in [-0.2, 0) is 0 Å². The highest BCUT2D eigenvalue weighted by molar-refractivity contribution is 7.13. The normalized spacial score (nSPS) is 10.5. The summed E-state index contributed by atoms with van der Waals surface area (Å²) >= 11 is 6.86. The summed E-state index contributed by atoms with van der Waals surface area (Å²) in [5, 5.41) is 12.7. The molecule has 6 heteroatoms. The van der Waals surface area contributed by atoms with Gasteiger partial charge in [0.1, 0.15) is 11.1 Å². The first-order chi connectivity index (χ1) is 6.20. The van der Waals surface area contributed by atoms with Crippen molar-refractivity contribution in [1.29, 1.82) is 0 Å². The molecular formula is C7H3ClN2O2S. The number of carboxylic acids is 1. The van der Waals surface area contributed by atoms with Crippen LogP contribution in [0.3, 0.4) is 0 Å². The molecular weight excluding hydrogens is 212 g/mol. The predicted octanol–water partition coefficient (Wildman–Crippen LogP) is 2.04. The number of hydrogen-bond acceptors (Lipinski definition) is 4. The minimum Gasteiger partial charge on any atom is -0.478 e. The fourth-order valence-corrected chi connectivity index (χ4v) is 1.83. The first-order valence-electron chi connectivity index (χ1n) is 3.34. The molecule has 0 amide bonds. The number of aromatic nitrogens is 2. The summed E-state index contributed by atoms with van der Waals surface area (Å²) in [7, 11) is 0. The zero-order valence-corrected chi connectivity index (χ0v) is 7.76. The van der Waals surface area contributed by atoms with Gasteiger partial charge in [0.25, 0.3) is 0 Å². The summed E-state index contributed by atoms with van der Waals surface area (Å²) in [6.45, 7) is 0. The first kappa shape index (κ1) is 8.40. The molecule has 0 aliphatic rings. The summed E-state index contributed by atoms with van der Waals surface area (Å²) < 4.78 is 4.38. The summed E-state index contributed by atoms with van der Waals surface area (Å²) in [5.41, 5.74) is 0.373. The minimum absolute atomic E-state index is 0.0212. The van der Waals surface area contributed by atoms with Gasteiger partial charge in [-0.2, -0.15) is 0 Å². The molecule has 0 atom stereocenters. The monoisotopic (exact) mass is 214 g/mol. The molecule has 66 valence electrons. The lowest BCUT2D eigenvalue weighted by atomic mass is 10.2. The van der Waals surface area contributed by atoms with Gasteiger partial charge in [0.2, 0.25) is 0 Å². The molecule has 0 aliphatic carbocycles. The lowest BCUT2D eigenvalue weighted by Gasteiger charge is -1.97. The second kappa shape index (κ2) is 2.93. The van der Waals surface area contributed by atoms with E-state index in [0.717, 1.165) is 16.2 Å². The van der Waals surface area contributed by atoms with Crippen molar-refractivity contribution in [2.75, 3.05) is 0 Å². The van der Waals surface area contributed by atoms with E-state index in [9.17, 15) is 4.79 Å². The van der Waals surface area contributed by atoms with Crippen LogP contribution >= 0.6 is 23.1 Å². The average molecular weight is 215 g/mol. The van der Waals surface area contributed by atoms with Crippen molar-refractivity contribution < 1.29 is 9.90 Å². The molecule has 4 nitrogen and oxygen atoms in total. The Hall–Kier alpha value is -1.20. The molecule has 0 saturated carbocycles. The zero-order valence-electron chi connectivity index (χ0n) is 6.19. The van der Waals surface area contributed by atoms with Gasteiger partial charge in [0.05, 0.1) is 9.72 Å². The fraction of sp³-hybridized carbons (Fsp3) is 0. The van der Waals surface area contributed by atoms with E-state index in [4.69, 9.17) is 16.7 Å². The zero-order chi connectivity index (χ0) is 9.42. The molecule has 1 aromatic carbocycles. The number of hydrogen-bond donors (Lipinski definition) is 1. The number of aromatic carboxylic acids is 1. The van der Waals surface area contributed by atoms with Crippen molar-refractivity contribution in [1.82, 2.24) is 9.59 Å². The standard InChI is InChI=1S/C7H3ClN2O2S/c8-3-1-2-4-6(9-10-13-4)5(3)7(11)12/h1-2H,(H,11,12). The van der Waals surface area contributed by atoms with Gasteiger partial charge >= 0.3 is 5.97 Å². The Morgan fingerprint density at radius 1 is 1.54 bits per heavy atom. The fourth-order valence-electron chi connectivity index (χ4n) is 1.03. The largest absolute Gasteiger partial charge is 0.478 e. The van der Waals surface area contributed by atoms with Gasteiger partial charge in [-0.25, -0.2) is 4.79 Å². The molecule has 0 fully saturated rings. The van der Waals surface area contributed by atoms with Crippen molar-refractivity contribution in [3.05, 3.63) is 22.7 Å². The van der Waals surface area contributed by atoms with Gasteiger partial charge in [0, 0.05) is 0 Å². The molecule has 1 heterocycles. The summed E-state index contributed by atoms with van der Waals surface area (Å²) in [6.07, 6.45) is 0. The topological polar surface area (TPSA) is 63.1 Å². The molecule has 1 N–H and O–H groups in total. The third-order valence-corrected chi connectivity index (χ3v) is 2.59. The van der Waals surface area contributed by atoms with E-state index in [1.54, 1.807) is 6.07 Å². The number of halogens is 1. The molecule has 0 saturated heterocycles. The van der Waals surface area contributed by atoms with Gasteiger partial charge in [0.15, 0.2) is 0 Å². The molecule has 0 spiro atoms. The Labute approximate surface area is 81.9 Å². The molecule has 0 unspecified atom stereocenters. The Morgan fingerprint density at radius 3 is 3.00 bits per heavy atom. The van der Waals surface area contributed by atoms with Crippen molar-refractivity contribution in [2.45, 2.75) is 0 Å². The van der Waals surface area contributed by atoms with Crippen molar-refractivity contribution in [3.63, 3.8) is 0 Å². The van der Waals surface area contributed by atoms with E-state index in [-0.39, 0.29) is 10.6 Å². The highest BCUT2D eigenvalue weighted by atomic mass is 35.5. The van der Waals surface area contributed by atoms with Crippen molar-refractivity contribution >= 4 is 39.3 Å². The quantitative estimate of drug-likeness (QED) is 0.789. The highest BCUT2D eigenvalue weighted by Crippen LogP contribution is 2.26. The average Bonchev–Trinajstić information content (AvgIpc) is 2.50. The SMILES string of the molecule is O=C(O)c1c(Cl)ccc2snnc12. The molecule has 0 radical (unpaired) electrons. The van der Waals surface area contributed by atoms with E-state index in [0.29, 0.717) is 5.52 Å². The maximum Gasteiger partial charge on any atom is 0.339 e. The third kappa shape index (κ3) is 1.26. The Balaban J connectivity index is 2.88. The smallest absolute Gasteiger partial charge is 0.339 e. The predicted molar refractivity (Wildman–Crippen MR) is 49.4 cm³/mol. The van der Waals surface area contributed by atoms with Gasteiger partial charge in [-0.1, -0.05) is 16.1 Å². The summed E-state index contributed by atoms with van der Waals surface area (Å²) in [4.78, 5) is 10.8. The molecule has 13 heavy (non-hydrogen) atoms. The highest BCUT2D eigenvalue weighted by Gasteiger charge is 2.15. The van der Waals surface area contributed by atoms with Crippen molar-refractivity contribution in [2.24, 2.45) is 0 Å². The van der Waals surface area contributed by atoms with Crippen molar-refractivity contribution in [3.8, 4) is 0 Å². The second-order valence-electron chi connectivity index (χ2n) is 2.35. The van der Waals surface area contributed by atoms with Crippen LogP contribution in [0.5, 0.6) is 0 Å². The van der Waals surface area contributed by atoms with Crippen LogP contribution < -0.4 is 0 Å². The van der Waals surface area contributed by atoms with E-state index in [1.807, 2.05) is 0 Å². The number of nitrogens with zero attached hydrogens (tertiary/aromatic N) is 2. The summed E-state index contributed by atoms with van der Waals surface area (Å²) in [5.74, 6) is -1.08. The van der Waals surface area contributed by atoms with E-state index < -0.39 is 5.97 Å². The van der Waals surface area contributed by atoms with E-state index in [2.05, 4.69) is 9.59 Å². The van der Waals surface area contributed by atoms with E-state index in [1.165, 1.54) is 6.07 Å². The Kier molecular flexibility index (Phi) is 1.90. The van der Waals surface area contributed by atoms with Crippen LogP contribution in [0.25, 0.3) is 10.2 Å². The van der Waals surface area contributed by atoms with Crippen LogP contribution in [0.1, 0.15) is 10.4 Å². The maximum absolute atomic E-state index is 10.8. The van der Waals surface area contributed by atoms with Gasteiger partial charge in [-0.15, -0.1) is 5.10 Å². The lowest BCUT2D eigenvalue weighted by Crippen LogP contribution is -1.98. The van der Waals surface area contributed by atoms with Crippen LogP contribution in [0.2, 0.25) is 5.02 Å². The Bertz CT molecular complexity index is 482. The number of carboxylic acid groups (broad SMARTS) is 1. The number of benzene rings is 1. The third-order valence-electron chi connectivity index (χ3n) is 1.58. The van der Waals surface area contributed by atoms with Crippen LogP contribution in [0.4, 0.5) is 0 Å². The van der Waals surface area contributed by atoms with Crippen LogP contribution in [-0.4, -0.2) is 20.7 Å². The van der Waals surface area contributed by atoms with Crippen LogP contribution in [0, 0.1) is 0 Å². The molecule has 1 aromatic heterocycles. The van der Waals surface area contributed by atoms with Gasteiger partial charge in [-0.3, -0.25) is 0 Å². The molecule has 0 aliphatic heterocycles. The minimum atomic E-state index is -1.08. The second-order valence-corrected chi connectivity index (χ2v) is 3.54. The first-order valence-corrected chi connectivity index (χ1v) is 4.49. The number of carbonyl (C=O) groups is 1. The lowest BCUT2D eigenvalue weighted by molar-refractivity contribution is 0.0699. The van der Waals surface area contributed by atoms with E-state index >= 15 is 0 Å². The number of rotatable bonds is 1. The Morgan fingerprint density at radius 2 is 2.31 bits per heavy atom. The van der Waals surface area contributed by atoms with Gasteiger partial charge in [-0.05, 0) is 23.7 Å². The maximum atomic E-state index is 10.8. The molecule has 2 aromatic rings. The molecule has 2 rings (SSSR count). The number of fused-ring (bicyclic) bond motifs is 1. The van der Waals surface area contributed by atoms with Crippen LogP contribution in [0.15, 0.2) is 12.1 Å². The summed E-state index contributed by atoms with van der Waals surface area (Å²) in [6, 6.07) is 3.24. The van der Waals surface area contributed by atoms with Gasteiger partial charge < -0.3 is 5.11 Å². The molecule has 0 bridgehead atoms.